The van der Waals surface area contributed by atoms with Crippen molar-refractivity contribution in [2.24, 2.45) is 5.41 Å². The van der Waals surface area contributed by atoms with Crippen molar-refractivity contribution in [3.05, 3.63) is 71.0 Å². The van der Waals surface area contributed by atoms with E-state index in [1.165, 1.54) is 30.1 Å². The van der Waals surface area contributed by atoms with E-state index in [2.05, 4.69) is 23.7 Å². The number of carbonyl (C=O) groups excluding carboxylic acids is 4. The molecule has 4 amide bonds. The molecular weight excluding hydrogens is 660 g/mol. The molecule has 0 aliphatic carbocycles. The quantitative estimate of drug-likeness (QED) is 0.216. The third-order valence-electron chi connectivity index (χ3n) is 9.24. The fraction of sp³-hybridized carbons (Fsp3) is 0.541. The summed E-state index contributed by atoms with van der Waals surface area (Å²) in [5, 5.41) is 15.2. The van der Waals surface area contributed by atoms with Gasteiger partial charge in [0.1, 0.15) is 31.6 Å². The Labute approximate surface area is 296 Å². The Balaban J connectivity index is 2.02. The van der Waals surface area contributed by atoms with Gasteiger partial charge in [0, 0.05) is 26.1 Å². The molecule has 0 spiro atoms. The van der Waals surface area contributed by atoms with Crippen LogP contribution in [0.25, 0.3) is 0 Å². The predicted molar refractivity (Wildman–Crippen MR) is 191 cm³/mol. The molecule has 1 saturated heterocycles. The number of carboxylic acids is 1. The Hall–Kier alpha value is -4.10. The summed E-state index contributed by atoms with van der Waals surface area (Å²) in [7, 11) is -0.760. The summed E-state index contributed by atoms with van der Waals surface area (Å²) in [5.74, 6) is -2.71. The second-order valence-electron chi connectivity index (χ2n) is 16.3. The number of ether oxygens (including phenoxy) is 1. The molecule has 1 aliphatic rings. The number of aromatic carboxylic acids is 1. The van der Waals surface area contributed by atoms with Crippen molar-refractivity contribution in [3.8, 4) is 0 Å². The molecule has 4 atom stereocenters. The summed E-state index contributed by atoms with van der Waals surface area (Å²) < 4.78 is 20.1. The smallest absolute Gasteiger partial charge is 0.410 e. The van der Waals surface area contributed by atoms with E-state index in [9.17, 15) is 28.7 Å². The van der Waals surface area contributed by atoms with Crippen LogP contribution in [0.5, 0.6) is 0 Å². The van der Waals surface area contributed by atoms with E-state index in [-0.39, 0.29) is 41.4 Å². The molecule has 2 aromatic carbocycles. The number of hydrogen-bond donors (Lipinski definition) is 3. The van der Waals surface area contributed by atoms with E-state index < -0.39 is 61.0 Å². The summed E-state index contributed by atoms with van der Waals surface area (Å²) in [6, 6.07) is 10.2. The third kappa shape index (κ3) is 10.00. The first-order valence-electron chi connectivity index (χ1n) is 17.0. The molecule has 11 nitrogen and oxygen atoms in total. The highest BCUT2D eigenvalue weighted by molar-refractivity contribution is 6.78. The summed E-state index contributed by atoms with van der Waals surface area (Å²) >= 11 is 0. The Morgan fingerprint density at radius 3 is 2.16 bits per heavy atom. The lowest BCUT2D eigenvalue weighted by Gasteiger charge is -2.43. The third-order valence-corrected chi connectivity index (χ3v) is 12.2. The van der Waals surface area contributed by atoms with Crippen molar-refractivity contribution in [2.45, 2.75) is 104 Å². The molecule has 3 N–H and O–H groups in total. The van der Waals surface area contributed by atoms with Crippen LogP contribution in [0.1, 0.15) is 70.0 Å². The number of likely N-dealkylation sites (N-methyl/N-ethyl adjacent to an activating group) is 1. The van der Waals surface area contributed by atoms with Crippen LogP contribution in [-0.4, -0.2) is 95.8 Å². The molecule has 0 aromatic heterocycles. The zero-order valence-corrected chi connectivity index (χ0v) is 32.1. The normalized spacial score (nSPS) is 19.9. The minimum atomic E-state index is -2.22. The van der Waals surface area contributed by atoms with Gasteiger partial charge in [-0.15, -0.1) is 0 Å². The maximum absolute atomic E-state index is 15.2. The summed E-state index contributed by atoms with van der Waals surface area (Å²) in [6.45, 7) is 16.7. The Kier molecular flexibility index (Phi) is 12.4. The summed E-state index contributed by atoms with van der Waals surface area (Å²) in [6.07, 6.45) is -0.0956. The van der Waals surface area contributed by atoms with Crippen LogP contribution in [0, 0.1) is 11.2 Å². The van der Waals surface area contributed by atoms with E-state index in [0.717, 1.165) is 0 Å². The first-order valence-corrected chi connectivity index (χ1v) is 20.4. The summed E-state index contributed by atoms with van der Waals surface area (Å²) in [4.78, 5) is 68.4. The zero-order valence-electron chi connectivity index (χ0n) is 31.1. The number of amides is 4. The van der Waals surface area contributed by atoms with Gasteiger partial charge >= 0.3 is 18.0 Å². The van der Waals surface area contributed by atoms with Gasteiger partial charge in [0.2, 0.25) is 5.91 Å². The van der Waals surface area contributed by atoms with Crippen LogP contribution in [-0.2, 0) is 32.1 Å². The van der Waals surface area contributed by atoms with Crippen molar-refractivity contribution in [1.29, 1.82) is 0 Å². The number of carbonyl (C=O) groups is 5. The lowest BCUT2D eigenvalue weighted by Crippen LogP contribution is -2.69. The molecule has 13 heteroatoms. The van der Waals surface area contributed by atoms with Gasteiger partial charge in [-0.25, -0.2) is 18.8 Å². The monoisotopic (exact) mass is 713 g/mol. The first kappa shape index (κ1) is 40.3. The Morgan fingerprint density at radius 2 is 1.62 bits per heavy atom. The molecular formula is C37H54FN4O7Si+. The lowest BCUT2D eigenvalue weighted by molar-refractivity contribution is -0.853. The van der Waals surface area contributed by atoms with Crippen molar-refractivity contribution in [2.75, 3.05) is 19.8 Å². The largest absolute Gasteiger partial charge is 0.478 e. The van der Waals surface area contributed by atoms with E-state index in [1.54, 1.807) is 58.0 Å². The molecule has 1 aliphatic heterocycles. The molecule has 1 heterocycles. The van der Waals surface area contributed by atoms with Crippen LogP contribution in [0.2, 0.25) is 19.1 Å². The number of hydrogen-bond acceptors (Lipinski definition) is 6. The van der Waals surface area contributed by atoms with E-state index in [4.69, 9.17) is 4.74 Å². The van der Waals surface area contributed by atoms with Gasteiger partial charge in [-0.2, -0.15) is 0 Å². The number of quaternary nitrogens is 1. The molecule has 1 unspecified atom stereocenters. The molecule has 1 fully saturated rings. The van der Waals surface area contributed by atoms with Crippen LogP contribution in [0.4, 0.5) is 9.18 Å². The van der Waals surface area contributed by atoms with Gasteiger partial charge in [-0.3, -0.25) is 19.0 Å². The van der Waals surface area contributed by atoms with Gasteiger partial charge in [0.25, 0.3) is 5.91 Å². The summed E-state index contributed by atoms with van der Waals surface area (Å²) in [5.41, 5.74) is -0.340. The van der Waals surface area contributed by atoms with Crippen molar-refractivity contribution < 1.29 is 42.7 Å². The van der Waals surface area contributed by atoms with Crippen molar-refractivity contribution in [3.63, 3.8) is 0 Å². The number of rotatable bonds is 11. The maximum atomic E-state index is 15.2. The minimum absolute atomic E-state index is 0.118. The number of nitrogens with zero attached hydrogens (tertiary/aromatic N) is 2. The number of carboxylic acid groups (broad SMARTS) is 1. The van der Waals surface area contributed by atoms with Crippen LogP contribution in [0.3, 0.4) is 0 Å². The number of benzene rings is 2. The van der Waals surface area contributed by atoms with E-state index in [0.29, 0.717) is 23.3 Å². The average Bonchev–Trinajstić information content (AvgIpc) is 3.31. The molecule has 50 heavy (non-hydrogen) atoms. The fourth-order valence-electron chi connectivity index (χ4n) is 6.46. The second-order valence-corrected chi connectivity index (χ2v) is 21.3. The second kappa shape index (κ2) is 15.4. The van der Waals surface area contributed by atoms with Gasteiger partial charge in [0.15, 0.2) is 6.04 Å². The topological polar surface area (TPSA) is 142 Å². The highest BCUT2D eigenvalue weighted by Crippen LogP contribution is 2.38. The van der Waals surface area contributed by atoms with Crippen molar-refractivity contribution >= 4 is 37.9 Å². The maximum Gasteiger partial charge on any atom is 0.410 e. The molecule has 274 valence electrons. The molecule has 3 rings (SSSR count). The predicted octanol–water partition coefficient (Wildman–Crippen LogP) is 5.14. The van der Waals surface area contributed by atoms with Crippen LogP contribution < -0.4 is 10.6 Å². The highest BCUT2D eigenvalue weighted by Gasteiger charge is 2.61. The van der Waals surface area contributed by atoms with Crippen molar-refractivity contribution in [1.82, 2.24) is 15.5 Å². The molecule has 0 bridgehead atoms. The van der Waals surface area contributed by atoms with Crippen LogP contribution in [0.15, 0.2) is 48.5 Å². The number of halogens is 1. The van der Waals surface area contributed by atoms with Crippen LogP contribution >= 0.6 is 0 Å². The molecule has 0 saturated carbocycles. The molecule has 2 aromatic rings. The van der Waals surface area contributed by atoms with E-state index in [1.807, 2.05) is 20.8 Å². The first-order chi connectivity index (χ1) is 23.0. The van der Waals surface area contributed by atoms with E-state index >= 15 is 4.79 Å². The SMILES string of the molecule is C[C@@H](C(=O)N[C@H](C(=O)[N@+]1(CCc2ccccc2F)C[Si](C)(C)CC1C(=O)NCc1ccc(C(=O)O)cc1)C(C)(C)C)N(C)C(=O)OC(C)(C)C. The van der Waals surface area contributed by atoms with Gasteiger partial charge in [-0.1, -0.05) is 64.2 Å². The van der Waals surface area contributed by atoms with Gasteiger partial charge in [0.05, 0.1) is 18.3 Å². The number of nitrogens with one attached hydrogen (secondary N) is 2. The standard InChI is InChI=1S/C37H53FN4O7Si/c1-24(41(8)35(48)49-37(5,6)7)31(43)40-30(36(2,3)4)33(45)42(20-19-26-13-11-12-14-28(26)38)23-50(9,10)22-29(42)32(44)39-21-25-15-17-27(18-16-25)34(46)47/h11-18,24,29-30H,19-23H2,1-10H3,(H2-,39,40,43,44,46,47)/p+1/t24-,29?,30+,42+/m0/s1. The molecule has 0 radical (unpaired) electrons. The van der Waals surface area contributed by atoms with Gasteiger partial charge in [-0.05, 0) is 62.4 Å². The highest BCUT2D eigenvalue weighted by atomic mass is 28.3. The Bertz CT molecular complexity index is 1590. The fourth-order valence-corrected chi connectivity index (χ4v) is 10.2. The van der Waals surface area contributed by atoms with Gasteiger partial charge < -0.3 is 20.5 Å². The lowest BCUT2D eigenvalue weighted by atomic mass is 9.84. The zero-order chi connectivity index (χ0) is 37.8. The average molecular weight is 714 g/mol. The Morgan fingerprint density at radius 1 is 1.02 bits per heavy atom. The minimum Gasteiger partial charge on any atom is -0.478 e.